The number of ether oxygens (including phenoxy) is 1. The second-order valence-electron chi connectivity index (χ2n) is 3.50. The summed E-state index contributed by atoms with van der Waals surface area (Å²) in [7, 11) is -1.54. The van der Waals surface area contributed by atoms with E-state index in [4.69, 9.17) is 9.84 Å². The lowest BCUT2D eigenvalue weighted by molar-refractivity contribution is -0.145. The third kappa shape index (κ3) is 3.44. The fourth-order valence-electron chi connectivity index (χ4n) is 1.53. The molecule has 0 aromatic rings. The number of hydrogen-bond donors (Lipinski definition) is 1. The number of carboxylic acids is 1. The molecule has 0 aromatic heterocycles. The van der Waals surface area contributed by atoms with Crippen LogP contribution in [0.5, 0.6) is 0 Å². The Morgan fingerprint density at radius 2 is 2.00 bits per heavy atom. The molecule has 1 aliphatic heterocycles. The van der Waals surface area contributed by atoms with Crippen LogP contribution in [0.2, 0.25) is 0 Å². The Labute approximate surface area is 88.7 Å². The zero-order valence-electron chi connectivity index (χ0n) is 8.55. The molecule has 1 N–H and O–H groups in total. The van der Waals surface area contributed by atoms with Gasteiger partial charge in [0.15, 0.2) is 9.84 Å². The molecule has 1 aliphatic rings. The van der Waals surface area contributed by atoms with Crippen LogP contribution in [0.4, 0.5) is 0 Å². The van der Waals surface area contributed by atoms with E-state index in [-0.39, 0.29) is 31.2 Å². The van der Waals surface area contributed by atoms with Gasteiger partial charge in [0.2, 0.25) is 0 Å². The van der Waals surface area contributed by atoms with Crippen LogP contribution in [0.25, 0.3) is 0 Å². The molecular formula is C8H15NO5S. The quantitative estimate of drug-likeness (QED) is 0.662. The molecular weight excluding hydrogens is 222 g/mol. The molecule has 15 heavy (non-hydrogen) atoms. The third-order valence-corrected chi connectivity index (χ3v) is 4.04. The molecule has 0 aliphatic carbocycles. The first-order valence-corrected chi connectivity index (χ1v) is 6.44. The van der Waals surface area contributed by atoms with Crippen LogP contribution in [0, 0.1) is 0 Å². The summed E-state index contributed by atoms with van der Waals surface area (Å²) in [5.74, 6) is -0.919. The summed E-state index contributed by atoms with van der Waals surface area (Å²) in [6.45, 7) is 0.612. The van der Waals surface area contributed by atoms with E-state index in [1.54, 1.807) is 4.90 Å². The van der Waals surface area contributed by atoms with E-state index in [0.29, 0.717) is 0 Å². The Balaban J connectivity index is 2.60. The van der Waals surface area contributed by atoms with Crippen molar-refractivity contribution < 1.29 is 23.1 Å². The van der Waals surface area contributed by atoms with E-state index in [2.05, 4.69) is 0 Å². The second-order valence-corrected chi connectivity index (χ2v) is 5.80. The SMILES string of the molecule is COCC(C(=O)O)N1CCS(=O)(=O)CC1. The molecule has 1 unspecified atom stereocenters. The number of carboxylic acid groups (broad SMARTS) is 1. The summed E-state index contributed by atoms with van der Waals surface area (Å²) < 4.78 is 27.1. The smallest absolute Gasteiger partial charge is 0.323 e. The van der Waals surface area contributed by atoms with Gasteiger partial charge in [-0.2, -0.15) is 0 Å². The number of methoxy groups -OCH3 is 1. The first kappa shape index (κ1) is 12.4. The monoisotopic (exact) mass is 237 g/mol. The maximum Gasteiger partial charge on any atom is 0.323 e. The fourth-order valence-corrected chi connectivity index (χ4v) is 2.76. The van der Waals surface area contributed by atoms with Crippen LogP contribution < -0.4 is 0 Å². The van der Waals surface area contributed by atoms with Gasteiger partial charge in [-0.1, -0.05) is 0 Å². The van der Waals surface area contributed by atoms with Crippen molar-refractivity contribution in [3.63, 3.8) is 0 Å². The molecule has 1 rings (SSSR count). The average molecular weight is 237 g/mol. The lowest BCUT2D eigenvalue weighted by Crippen LogP contribution is -2.51. The molecule has 0 bridgehead atoms. The van der Waals surface area contributed by atoms with Crippen LogP contribution in [0.15, 0.2) is 0 Å². The number of carbonyl (C=O) groups is 1. The van der Waals surface area contributed by atoms with Crippen molar-refractivity contribution in [2.24, 2.45) is 0 Å². The minimum Gasteiger partial charge on any atom is -0.480 e. The maximum absolute atomic E-state index is 11.1. The Bertz CT molecular complexity index is 312. The minimum atomic E-state index is -2.97. The highest BCUT2D eigenvalue weighted by atomic mass is 32.2. The van der Waals surface area contributed by atoms with E-state index in [9.17, 15) is 13.2 Å². The van der Waals surface area contributed by atoms with E-state index in [0.717, 1.165) is 0 Å². The lowest BCUT2D eigenvalue weighted by Gasteiger charge is -2.31. The van der Waals surface area contributed by atoms with Gasteiger partial charge < -0.3 is 9.84 Å². The first-order valence-electron chi connectivity index (χ1n) is 4.62. The Morgan fingerprint density at radius 3 is 2.40 bits per heavy atom. The molecule has 7 heteroatoms. The van der Waals surface area contributed by atoms with Gasteiger partial charge in [-0.15, -0.1) is 0 Å². The van der Waals surface area contributed by atoms with Crippen molar-refractivity contribution >= 4 is 15.8 Å². The fraction of sp³-hybridized carbons (Fsp3) is 0.875. The molecule has 0 amide bonds. The third-order valence-electron chi connectivity index (χ3n) is 2.43. The topological polar surface area (TPSA) is 83.9 Å². The van der Waals surface area contributed by atoms with Crippen molar-refractivity contribution in [1.82, 2.24) is 4.90 Å². The van der Waals surface area contributed by atoms with Gasteiger partial charge in [0.05, 0.1) is 18.1 Å². The normalized spacial score (nSPS) is 23.5. The Kier molecular flexibility index (Phi) is 4.06. The molecule has 0 aromatic carbocycles. The standard InChI is InChI=1S/C8H15NO5S/c1-14-6-7(8(10)11)9-2-4-15(12,13)5-3-9/h7H,2-6H2,1H3,(H,10,11). The van der Waals surface area contributed by atoms with Crippen LogP contribution in [-0.4, -0.2) is 68.7 Å². The predicted octanol–water partition coefficient (Wildman–Crippen LogP) is -1.18. The highest BCUT2D eigenvalue weighted by molar-refractivity contribution is 7.91. The van der Waals surface area contributed by atoms with E-state index in [1.807, 2.05) is 0 Å². The van der Waals surface area contributed by atoms with Crippen molar-refractivity contribution in [1.29, 1.82) is 0 Å². The van der Waals surface area contributed by atoms with Crippen LogP contribution >= 0.6 is 0 Å². The van der Waals surface area contributed by atoms with Gasteiger partial charge in [-0.05, 0) is 0 Å². The Hall–Kier alpha value is -0.660. The highest BCUT2D eigenvalue weighted by Gasteiger charge is 2.30. The summed E-state index contributed by atoms with van der Waals surface area (Å²) in [4.78, 5) is 12.5. The van der Waals surface area contributed by atoms with E-state index in [1.165, 1.54) is 7.11 Å². The summed E-state index contributed by atoms with van der Waals surface area (Å²) in [6.07, 6.45) is 0. The molecule has 0 saturated carbocycles. The lowest BCUT2D eigenvalue weighted by atomic mass is 10.2. The second kappa shape index (κ2) is 4.91. The zero-order chi connectivity index (χ0) is 11.5. The molecule has 1 fully saturated rings. The van der Waals surface area contributed by atoms with Gasteiger partial charge >= 0.3 is 5.97 Å². The number of nitrogens with zero attached hydrogens (tertiary/aromatic N) is 1. The highest BCUT2D eigenvalue weighted by Crippen LogP contribution is 2.08. The summed E-state index contributed by atoms with van der Waals surface area (Å²) in [5, 5.41) is 8.92. The molecule has 1 atom stereocenters. The largest absolute Gasteiger partial charge is 0.480 e. The number of hydrogen-bond acceptors (Lipinski definition) is 5. The van der Waals surface area contributed by atoms with Gasteiger partial charge in [0, 0.05) is 20.2 Å². The molecule has 1 saturated heterocycles. The van der Waals surface area contributed by atoms with Gasteiger partial charge in [0.1, 0.15) is 6.04 Å². The van der Waals surface area contributed by atoms with Gasteiger partial charge in [-0.3, -0.25) is 9.69 Å². The molecule has 88 valence electrons. The first-order chi connectivity index (χ1) is 6.96. The van der Waals surface area contributed by atoms with Crippen molar-refractivity contribution in [3.05, 3.63) is 0 Å². The van der Waals surface area contributed by atoms with Crippen LogP contribution in [0.1, 0.15) is 0 Å². The maximum atomic E-state index is 11.1. The summed E-state index contributed by atoms with van der Waals surface area (Å²) in [5.41, 5.74) is 0. The molecule has 0 spiro atoms. The van der Waals surface area contributed by atoms with E-state index < -0.39 is 21.8 Å². The number of aliphatic carboxylic acids is 1. The summed E-state index contributed by atoms with van der Waals surface area (Å²) >= 11 is 0. The molecule has 6 nitrogen and oxygen atoms in total. The molecule has 0 radical (unpaired) electrons. The van der Waals surface area contributed by atoms with Crippen LogP contribution in [0.3, 0.4) is 0 Å². The minimum absolute atomic E-state index is 0.0283. The van der Waals surface area contributed by atoms with Gasteiger partial charge in [0.25, 0.3) is 0 Å². The van der Waals surface area contributed by atoms with Crippen LogP contribution in [-0.2, 0) is 19.4 Å². The molecule has 1 heterocycles. The van der Waals surface area contributed by atoms with Gasteiger partial charge in [-0.25, -0.2) is 8.42 Å². The van der Waals surface area contributed by atoms with Crippen molar-refractivity contribution in [2.75, 3.05) is 38.3 Å². The van der Waals surface area contributed by atoms with Crippen molar-refractivity contribution in [2.45, 2.75) is 6.04 Å². The summed E-state index contributed by atoms with van der Waals surface area (Å²) in [6, 6.07) is -0.745. The number of sulfone groups is 1. The van der Waals surface area contributed by atoms with E-state index >= 15 is 0 Å². The Morgan fingerprint density at radius 1 is 1.47 bits per heavy atom. The number of rotatable bonds is 4. The van der Waals surface area contributed by atoms with Crippen molar-refractivity contribution in [3.8, 4) is 0 Å². The average Bonchev–Trinajstić information content (AvgIpc) is 2.14. The zero-order valence-corrected chi connectivity index (χ0v) is 9.37. The predicted molar refractivity (Wildman–Crippen MR) is 53.5 cm³/mol.